The Labute approximate surface area is 101 Å². The molecule has 1 aliphatic rings. The molecule has 0 aliphatic heterocycles. The standard InChI is InChI=1S/C11H11BrO2S/c12-10-5-3-9(15-10)4-6-11(13)14-7-8-1-2-8/h3-6,8H,1-2,7H2. The van der Waals surface area contributed by atoms with E-state index in [4.69, 9.17) is 4.74 Å². The summed E-state index contributed by atoms with van der Waals surface area (Å²) in [6.07, 6.45) is 5.68. The van der Waals surface area contributed by atoms with Crippen molar-refractivity contribution in [3.8, 4) is 0 Å². The average molecular weight is 287 g/mol. The van der Waals surface area contributed by atoms with Crippen molar-refractivity contribution >= 4 is 39.3 Å². The van der Waals surface area contributed by atoms with Gasteiger partial charge in [0.2, 0.25) is 0 Å². The number of hydrogen-bond donors (Lipinski definition) is 0. The van der Waals surface area contributed by atoms with E-state index in [2.05, 4.69) is 15.9 Å². The summed E-state index contributed by atoms with van der Waals surface area (Å²) in [5.74, 6) is 0.379. The summed E-state index contributed by atoms with van der Waals surface area (Å²) in [4.78, 5) is 12.3. The highest BCUT2D eigenvalue weighted by atomic mass is 79.9. The number of rotatable bonds is 4. The summed E-state index contributed by atoms with van der Waals surface area (Å²) < 4.78 is 6.13. The highest BCUT2D eigenvalue weighted by Gasteiger charge is 2.22. The lowest BCUT2D eigenvalue weighted by Crippen LogP contribution is -2.03. The van der Waals surface area contributed by atoms with Crippen LogP contribution in [0.5, 0.6) is 0 Å². The molecule has 0 radical (unpaired) electrons. The number of hydrogen-bond acceptors (Lipinski definition) is 3. The van der Waals surface area contributed by atoms with E-state index in [0.29, 0.717) is 12.5 Å². The Morgan fingerprint density at radius 2 is 2.40 bits per heavy atom. The molecule has 0 atom stereocenters. The molecule has 2 nitrogen and oxygen atoms in total. The van der Waals surface area contributed by atoms with Crippen molar-refractivity contribution in [1.82, 2.24) is 0 Å². The number of thiophene rings is 1. The third kappa shape index (κ3) is 3.80. The van der Waals surface area contributed by atoms with Gasteiger partial charge >= 0.3 is 5.97 Å². The van der Waals surface area contributed by atoms with E-state index in [-0.39, 0.29) is 5.97 Å². The van der Waals surface area contributed by atoms with Crippen LogP contribution in [0.4, 0.5) is 0 Å². The first kappa shape index (κ1) is 10.9. The molecule has 0 unspecified atom stereocenters. The van der Waals surface area contributed by atoms with Crippen LogP contribution in [0, 0.1) is 5.92 Å². The van der Waals surface area contributed by atoms with Gasteiger partial charge in [-0.3, -0.25) is 0 Å². The van der Waals surface area contributed by atoms with Crippen LogP contribution in [0.2, 0.25) is 0 Å². The fraction of sp³-hybridized carbons (Fsp3) is 0.364. The number of carbonyl (C=O) groups excluding carboxylic acids is 1. The van der Waals surface area contributed by atoms with Gasteiger partial charge in [-0.05, 0) is 52.9 Å². The van der Waals surface area contributed by atoms with Gasteiger partial charge in [0.1, 0.15) is 0 Å². The zero-order valence-electron chi connectivity index (χ0n) is 8.11. The van der Waals surface area contributed by atoms with Crippen LogP contribution in [0.3, 0.4) is 0 Å². The first-order chi connectivity index (χ1) is 7.24. The van der Waals surface area contributed by atoms with Crippen LogP contribution in [0.1, 0.15) is 17.7 Å². The van der Waals surface area contributed by atoms with Crippen molar-refractivity contribution in [2.24, 2.45) is 5.92 Å². The van der Waals surface area contributed by atoms with E-state index in [0.717, 1.165) is 8.66 Å². The van der Waals surface area contributed by atoms with Crippen LogP contribution in [-0.4, -0.2) is 12.6 Å². The first-order valence-corrected chi connectivity index (χ1v) is 6.45. The molecule has 0 spiro atoms. The molecule has 1 heterocycles. The van der Waals surface area contributed by atoms with Crippen LogP contribution in [0.15, 0.2) is 22.0 Å². The van der Waals surface area contributed by atoms with Gasteiger partial charge in [0.05, 0.1) is 10.4 Å². The van der Waals surface area contributed by atoms with Gasteiger partial charge in [-0.2, -0.15) is 0 Å². The molecule has 15 heavy (non-hydrogen) atoms. The smallest absolute Gasteiger partial charge is 0.330 e. The van der Waals surface area contributed by atoms with Gasteiger partial charge in [0.25, 0.3) is 0 Å². The summed E-state index contributed by atoms with van der Waals surface area (Å²) in [6.45, 7) is 0.581. The quantitative estimate of drug-likeness (QED) is 0.626. The second-order valence-electron chi connectivity index (χ2n) is 3.55. The maximum Gasteiger partial charge on any atom is 0.330 e. The second-order valence-corrected chi connectivity index (χ2v) is 6.04. The first-order valence-electron chi connectivity index (χ1n) is 4.84. The lowest BCUT2D eigenvalue weighted by molar-refractivity contribution is -0.138. The molecule has 1 fully saturated rings. The zero-order valence-corrected chi connectivity index (χ0v) is 10.5. The van der Waals surface area contributed by atoms with E-state index in [1.807, 2.05) is 12.1 Å². The third-order valence-corrected chi connectivity index (χ3v) is 3.72. The van der Waals surface area contributed by atoms with Gasteiger partial charge in [0.15, 0.2) is 0 Å². The Morgan fingerprint density at radius 1 is 1.60 bits per heavy atom. The number of halogens is 1. The summed E-state index contributed by atoms with van der Waals surface area (Å²) in [5.41, 5.74) is 0. The Bertz CT molecular complexity index is 380. The molecule has 2 rings (SSSR count). The highest BCUT2D eigenvalue weighted by Crippen LogP contribution is 2.28. The molecular weight excluding hydrogens is 276 g/mol. The zero-order chi connectivity index (χ0) is 10.7. The average Bonchev–Trinajstić information content (AvgIpc) is 2.95. The molecular formula is C11H11BrO2S. The lowest BCUT2D eigenvalue weighted by Gasteiger charge is -1.97. The predicted molar refractivity (Wildman–Crippen MR) is 64.7 cm³/mol. The predicted octanol–water partition coefficient (Wildman–Crippen LogP) is 3.48. The van der Waals surface area contributed by atoms with Crippen molar-refractivity contribution in [2.45, 2.75) is 12.8 Å². The minimum Gasteiger partial charge on any atom is -0.462 e. The van der Waals surface area contributed by atoms with E-state index < -0.39 is 0 Å². The van der Waals surface area contributed by atoms with Crippen molar-refractivity contribution in [2.75, 3.05) is 6.61 Å². The van der Waals surface area contributed by atoms with Gasteiger partial charge in [-0.1, -0.05) is 0 Å². The monoisotopic (exact) mass is 286 g/mol. The van der Waals surface area contributed by atoms with Crippen LogP contribution in [0.25, 0.3) is 6.08 Å². The Hall–Kier alpha value is -0.610. The van der Waals surface area contributed by atoms with Gasteiger partial charge in [-0.25, -0.2) is 4.79 Å². The number of carbonyl (C=O) groups is 1. The summed E-state index contributed by atoms with van der Waals surface area (Å²) >= 11 is 4.95. The van der Waals surface area contributed by atoms with Crippen molar-refractivity contribution in [3.63, 3.8) is 0 Å². The topological polar surface area (TPSA) is 26.3 Å². The third-order valence-electron chi connectivity index (χ3n) is 2.14. The fourth-order valence-electron chi connectivity index (χ4n) is 1.10. The normalized spacial score (nSPS) is 15.8. The molecule has 80 valence electrons. The minimum atomic E-state index is -0.244. The maximum atomic E-state index is 11.2. The molecule has 0 bridgehead atoms. The molecule has 4 heteroatoms. The summed E-state index contributed by atoms with van der Waals surface area (Å²) in [7, 11) is 0. The molecule has 0 aromatic carbocycles. The fourth-order valence-corrected chi connectivity index (χ4v) is 2.43. The molecule has 1 aromatic heterocycles. The molecule has 1 saturated carbocycles. The minimum absolute atomic E-state index is 0.244. The Kier molecular flexibility index (Phi) is 3.59. The van der Waals surface area contributed by atoms with Crippen molar-refractivity contribution in [3.05, 3.63) is 26.9 Å². The van der Waals surface area contributed by atoms with Gasteiger partial charge in [0, 0.05) is 11.0 Å². The molecule has 0 N–H and O–H groups in total. The highest BCUT2D eigenvalue weighted by molar-refractivity contribution is 9.11. The summed E-state index contributed by atoms with van der Waals surface area (Å²) in [5, 5.41) is 0. The largest absolute Gasteiger partial charge is 0.462 e. The van der Waals surface area contributed by atoms with Crippen LogP contribution in [-0.2, 0) is 9.53 Å². The SMILES string of the molecule is O=C(C=Cc1ccc(Br)s1)OCC1CC1. The Morgan fingerprint density at radius 3 is 3.00 bits per heavy atom. The van der Waals surface area contributed by atoms with Crippen molar-refractivity contribution < 1.29 is 9.53 Å². The molecule has 1 aliphatic carbocycles. The van der Waals surface area contributed by atoms with Crippen LogP contribution >= 0.6 is 27.3 Å². The van der Waals surface area contributed by atoms with E-state index in [1.165, 1.54) is 18.9 Å². The van der Waals surface area contributed by atoms with Gasteiger partial charge < -0.3 is 4.74 Å². The maximum absolute atomic E-state index is 11.2. The lowest BCUT2D eigenvalue weighted by atomic mass is 10.4. The van der Waals surface area contributed by atoms with Gasteiger partial charge in [-0.15, -0.1) is 11.3 Å². The number of esters is 1. The van der Waals surface area contributed by atoms with Crippen molar-refractivity contribution in [1.29, 1.82) is 0 Å². The number of ether oxygens (including phenoxy) is 1. The van der Waals surface area contributed by atoms with E-state index in [1.54, 1.807) is 17.4 Å². The molecule has 0 saturated heterocycles. The summed E-state index contributed by atoms with van der Waals surface area (Å²) in [6, 6.07) is 3.92. The molecule has 1 aromatic rings. The second kappa shape index (κ2) is 4.94. The Balaban J connectivity index is 1.79. The van der Waals surface area contributed by atoms with Crippen LogP contribution < -0.4 is 0 Å². The van der Waals surface area contributed by atoms with E-state index in [9.17, 15) is 4.79 Å². The molecule has 0 amide bonds. The van der Waals surface area contributed by atoms with E-state index >= 15 is 0 Å².